The first-order valence-corrected chi connectivity index (χ1v) is 5.86. The molecular weight excluding hydrogens is 204 g/mol. The molecule has 6 nitrogen and oxygen atoms in total. The lowest BCUT2D eigenvalue weighted by atomic mass is 10.4. The zero-order chi connectivity index (χ0) is 10.8. The summed E-state index contributed by atoms with van der Waals surface area (Å²) in [6.07, 6.45) is 0. The van der Waals surface area contributed by atoms with E-state index in [4.69, 9.17) is 0 Å². The summed E-state index contributed by atoms with van der Waals surface area (Å²) in [4.78, 5) is 8.09. The van der Waals surface area contributed by atoms with Crippen LogP contribution in [0.3, 0.4) is 0 Å². The number of hydrogen-bond donors (Lipinski definition) is 2. The van der Waals surface area contributed by atoms with Crippen LogP contribution in [-0.4, -0.2) is 32.7 Å². The van der Waals surface area contributed by atoms with E-state index in [2.05, 4.69) is 19.4 Å². The average molecular weight is 218 g/mol. The molecule has 0 aromatic rings. The smallest absolute Gasteiger partial charge is 0.265 e. The van der Waals surface area contributed by atoms with Gasteiger partial charge < -0.3 is 0 Å². The first-order chi connectivity index (χ1) is 6.44. The highest BCUT2D eigenvalue weighted by Crippen LogP contribution is 1.97. The van der Waals surface area contributed by atoms with Crippen LogP contribution in [0.4, 0.5) is 0 Å². The lowest BCUT2D eigenvalue weighted by Crippen LogP contribution is -2.25. The van der Waals surface area contributed by atoms with Crippen LogP contribution in [0, 0.1) is 0 Å². The predicted molar refractivity (Wildman–Crippen MR) is 55.7 cm³/mol. The highest BCUT2D eigenvalue weighted by atomic mass is 32.2. The van der Waals surface area contributed by atoms with E-state index in [0.717, 1.165) is 0 Å². The number of nitrogens with one attached hydrogen (secondary N) is 2. The van der Waals surface area contributed by atoms with Gasteiger partial charge in [-0.15, -0.1) is 0 Å². The van der Waals surface area contributed by atoms with Crippen molar-refractivity contribution >= 4 is 21.9 Å². The highest BCUT2D eigenvalue weighted by Gasteiger charge is 2.27. The fourth-order valence-electron chi connectivity index (χ4n) is 0.988. The summed E-state index contributed by atoms with van der Waals surface area (Å²) in [6, 6.07) is 0.0228. The topological polar surface area (TPSA) is 82.9 Å². The molecule has 1 aliphatic rings. The summed E-state index contributed by atoms with van der Waals surface area (Å²) in [5.41, 5.74) is 0. The van der Waals surface area contributed by atoms with Gasteiger partial charge in [0.05, 0.1) is 0 Å². The molecule has 1 fully saturated rings. The van der Waals surface area contributed by atoms with E-state index in [1.165, 1.54) is 0 Å². The van der Waals surface area contributed by atoms with Gasteiger partial charge in [-0.05, 0) is 20.8 Å². The van der Waals surface area contributed by atoms with Crippen LogP contribution in [0.1, 0.15) is 20.8 Å². The summed E-state index contributed by atoms with van der Waals surface area (Å²) in [5, 5.41) is 0. The van der Waals surface area contributed by atoms with Crippen LogP contribution in [0.25, 0.3) is 0 Å². The van der Waals surface area contributed by atoms with Gasteiger partial charge in [0.25, 0.3) is 0 Å². The highest BCUT2D eigenvalue weighted by molar-refractivity contribution is 7.89. The van der Waals surface area contributed by atoms with E-state index >= 15 is 0 Å². The van der Waals surface area contributed by atoms with E-state index in [0.29, 0.717) is 18.2 Å². The number of aliphatic imine (C=N–C) groups is 2. The number of nitrogens with zero attached hydrogens (tertiary/aromatic N) is 2. The van der Waals surface area contributed by atoms with Gasteiger partial charge >= 0.3 is 10.2 Å². The molecule has 0 aromatic heterocycles. The number of rotatable bonds is 2. The third-order valence-corrected chi connectivity index (χ3v) is 2.31. The van der Waals surface area contributed by atoms with Crippen molar-refractivity contribution in [2.24, 2.45) is 9.98 Å². The molecular formula is C7H14N4O2S. The molecule has 1 aliphatic heterocycles. The summed E-state index contributed by atoms with van der Waals surface area (Å²) in [7, 11) is -3.47. The molecule has 0 saturated carbocycles. The number of hydrogen-bond acceptors (Lipinski definition) is 4. The van der Waals surface area contributed by atoms with Crippen molar-refractivity contribution in [1.29, 1.82) is 0 Å². The summed E-state index contributed by atoms with van der Waals surface area (Å²) >= 11 is 0. The Hall–Kier alpha value is -1.11. The van der Waals surface area contributed by atoms with Crippen molar-refractivity contribution in [2.45, 2.75) is 26.8 Å². The third kappa shape index (κ3) is 2.69. The molecule has 1 heterocycles. The Morgan fingerprint density at radius 3 is 2.36 bits per heavy atom. The third-order valence-electron chi connectivity index (χ3n) is 1.39. The van der Waals surface area contributed by atoms with Crippen LogP contribution in [-0.2, 0) is 10.2 Å². The maximum atomic E-state index is 11.1. The molecule has 2 N–H and O–H groups in total. The summed E-state index contributed by atoms with van der Waals surface area (Å²) < 4.78 is 26.8. The summed E-state index contributed by atoms with van der Waals surface area (Å²) in [5.74, 6) is 0.586. The fraction of sp³-hybridized carbons (Fsp3) is 0.714. The fourth-order valence-corrected chi connectivity index (χ4v) is 1.86. The molecule has 0 radical (unpaired) electrons. The second-order valence-corrected chi connectivity index (χ2v) is 4.52. The van der Waals surface area contributed by atoms with Crippen molar-refractivity contribution in [3.8, 4) is 0 Å². The molecule has 1 saturated heterocycles. The van der Waals surface area contributed by atoms with Crippen molar-refractivity contribution in [3.05, 3.63) is 0 Å². The molecule has 80 valence electrons. The van der Waals surface area contributed by atoms with E-state index in [1.54, 1.807) is 0 Å². The Morgan fingerprint density at radius 1 is 1.29 bits per heavy atom. The molecule has 0 spiro atoms. The molecule has 0 bridgehead atoms. The van der Waals surface area contributed by atoms with Crippen LogP contribution in [0.15, 0.2) is 9.98 Å². The average Bonchev–Trinajstić information content (AvgIpc) is 2.25. The van der Waals surface area contributed by atoms with Gasteiger partial charge in [0.15, 0.2) is 11.7 Å². The molecule has 0 amide bonds. The Kier molecular flexibility index (Phi) is 3.10. The largest absolute Gasteiger partial charge is 0.324 e. The maximum Gasteiger partial charge on any atom is 0.324 e. The lowest BCUT2D eigenvalue weighted by molar-refractivity contribution is 0.591. The Balaban J connectivity index is 3.01. The van der Waals surface area contributed by atoms with Gasteiger partial charge in [-0.1, -0.05) is 0 Å². The lowest BCUT2D eigenvalue weighted by Gasteiger charge is -1.99. The zero-order valence-corrected chi connectivity index (χ0v) is 9.22. The monoisotopic (exact) mass is 218 g/mol. The second kappa shape index (κ2) is 3.95. The van der Waals surface area contributed by atoms with Crippen LogP contribution < -0.4 is 9.44 Å². The quantitative estimate of drug-likeness (QED) is 0.664. The first kappa shape index (κ1) is 11.0. The van der Waals surface area contributed by atoms with Gasteiger partial charge in [0.2, 0.25) is 0 Å². The predicted octanol–water partition coefficient (Wildman–Crippen LogP) is -0.351. The van der Waals surface area contributed by atoms with Gasteiger partial charge in [-0.3, -0.25) is 9.98 Å². The standard InChI is InChI=1S/C7H14N4O2S/c1-4-8-6-7(9-5(2)3)11-14(12,13)10-6/h5H,4H2,1-3H3,(H,8,10)(H,9,11). The SMILES string of the molecule is CCN=C1NS(=O)(=O)NC1=NC(C)C. The van der Waals surface area contributed by atoms with Gasteiger partial charge in [0.1, 0.15) is 0 Å². The Labute approximate surface area is 83.7 Å². The normalized spacial score (nSPS) is 25.4. The van der Waals surface area contributed by atoms with Gasteiger partial charge in [-0.2, -0.15) is 8.42 Å². The minimum Gasteiger partial charge on any atom is -0.265 e. The van der Waals surface area contributed by atoms with Crippen molar-refractivity contribution in [1.82, 2.24) is 9.44 Å². The maximum absolute atomic E-state index is 11.1. The minimum absolute atomic E-state index is 0.0228. The van der Waals surface area contributed by atoms with E-state index in [9.17, 15) is 8.42 Å². The molecule has 0 aromatic carbocycles. The van der Waals surface area contributed by atoms with Gasteiger partial charge in [0, 0.05) is 12.6 Å². The second-order valence-electron chi connectivity index (χ2n) is 3.10. The minimum atomic E-state index is -3.47. The Bertz CT molecular complexity index is 369. The van der Waals surface area contributed by atoms with Crippen molar-refractivity contribution < 1.29 is 8.42 Å². The molecule has 14 heavy (non-hydrogen) atoms. The molecule has 0 atom stereocenters. The van der Waals surface area contributed by atoms with Crippen LogP contribution in [0.2, 0.25) is 0 Å². The van der Waals surface area contributed by atoms with Crippen molar-refractivity contribution in [3.63, 3.8) is 0 Å². The van der Waals surface area contributed by atoms with Crippen LogP contribution in [0.5, 0.6) is 0 Å². The van der Waals surface area contributed by atoms with Crippen molar-refractivity contribution in [2.75, 3.05) is 6.54 Å². The number of amidine groups is 2. The molecule has 1 rings (SSSR count). The summed E-state index contributed by atoms with van der Waals surface area (Å²) in [6.45, 7) is 6.07. The molecule has 0 unspecified atom stereocenters. The first-order valence-electron chi connectivity index (χ1n) is 4.38. The van der Waals surface area contributed by atoms with Gasteiger partial charge in [-0.25, -0.2) is 9.44 Å². The van der Waals surface area contributed by atoms with E-state index < -0.39 is 10.2 Å². The zero-order valence-electron chi connectivity index (χ0n) is 8.40. The van der Waals surface area contributed by atoms with Crippen LogP contribution >= 0.6 is 0 Å². The molecule has 7 heteroatoms. The Morgan fingerprint density at radius 2 is 1.86 bits per heavy atom. The van der Waals surface area contributed by atoms with E-state index in [-0.39, 0.29) is 6.04 Å². The van der Waals surface area contributed by atoms with E-state index in [1.807, 2.05) is 20.8 Å². The molecule has 0 aliphatic carbocycles.